The molecule has 106 valence electrons. The van der Waals surface area contributed by atoms with E-state index in [1.807, 2.05) is 50.3 Å². The largest absolute Gasteiger partial charge is 0.327 e. The smallest absolute Gasteiger partial charge is 0.311 e. The molecular formula is C16H24O3. The number of hydrogen-bond donors (Lipinski definition) is 0. The maximum atomic E-state index is 5.29. The third-order valence-electron chi connectivity index (χ3n) is 2.41. The Hall–Kier alpha value is -1.42. The van der Waals surface area contributed by atoms with Crippen molar-refractivity contribution in [1.29, 1.82) is 0 Å². The zero-order valence-electron chi connectivity index (χ0n) is 12.5. The molecule has 3 heteroatoms. The van der Waals surface area contributed by atoms with Crippen molar-refractivity contribution in [3.8, 4) is 0 Å². The lowest BCUT2D eigenvalue weighted by Gasteiger charge is -2.29. The van der Waals surface area contributed by atoms with Crippen molar-refractivity contribution in [3.63, 3.8) is 0 Å². The van der Waals surface area contributed by atoms with E-state index in [4.69, 9.17) is 14.2 Å². The van der Waals surface area contributed by atoms with Crippen molar-refractivity contribution >= 4 is 6.08 Å². The Kier molecular flexibility index (Phi) is 8.79. The lowest BCUT2D eigenvalue weighted by atomic mass is 10.1. The molecule has 0 unspecified atom stereocenters. The molecule has 0 aliphatic heterocycles. The fourth-order valence-electron chi connectivity index (χ4n) is 1.63. The van der Waals surface area contributed by atoms with E-state index in [1.165, 1.54) is 0 Å². The number of allylic oxidation sites excluding steroid dienone is 2. The van der Waals surface area contributed by atoms with E-state index in [0.717, 1.165) is 11.1 Å². The monoisotopic (exact) mass is 264 g/mol. The first-order valence-corrected chi connectivity index (χ1v) is 6.09. The molecule has 0 aliphatic rings. The molecule has 0 amide bonds. The molecule has 0 spiro atoms. The van der Waals surface area contributed by atoms with E-state index in [0.29, 0.717) is 0 Å². The second-order valence-corrected chi connectivity index (χ2v) is 3.70. The zero-order valence-corrected chi connectivity index (χ0v) is 12.5. The van der Waals surface area contributed by atoms with Crippen LogP contribution < -0.4 is 0 Å². The van der Waals surface area contributed by atoms with Crippen LogP contribution in [0.25, 0.3) is 6.08 Å². The quantitative estimate of drug-likeness (QED) is 0.595. The molecule has 0 fully saturated rings. The van der Waals surface area contributed by atoms with Crippen LogP contribution in [-0.4, -0.2) is 21.3 Å². The minimum absolute atomic E-state index is 0.829. The lowest BCUT2D eigenvalue weighted by Crippen LogP contribution is -2.32. The Balaban J connectivity index is 0.000000982. The SMILES string of the molecule is C/C=C\c1cccc(C(OC)(OC)OC)c1.C=CC. The minimum atomic E-state index is -1.13. The molecule has 1 rings (SSSR count). The highest BCUT2D eigenvalue weighted by molar-refractivity contribution is 5.50. The van der Waals surface area contributed by atoms with E-state index in [2.05, 4.69) is 6.58 Å². The molecule has 0 aliphatic carbocycles. The zero-order chi connectivity index (χ0) is 14.7. The van der Waals surface area contributed by atoms with Crippen LogP contribution in [0, 0.1) is 0 Å². The highest BCUT2D eigenvalue weighted by Crippen LogP contribution is 2.27. The standard InChI is InChI=1S/C13H18O3.C3H6/c1-5-7-11-8-6-9-12(10-11)13(14-2,15-3)16-4;1-3-2/h5-10H,1-4H3;3H,1H2,2H3/b7-5-;. The van der Waals surface area contributed by atoms with Crippen LogP contribution >= 0.6 is 0 Å². The molecule has 0 N–H and O–H groups in total. The van der Waals surface area contributed by atoms with Gasteiger partial charge >= 0.3 is 5.97 Å². The van der Waals surface area contributed by atoms with Gasteiger partial charge in [0.1, 0.15) is 0 Å². The Bertz CT molecular complexity index is 384. The number of benzene rings is 1. The van der Waals surface area contributed by atoms with Crippen molar-refractivity contribution in [2.45, 2.75) is 19.8 Å². The Labute approximate surface area is 116 Å². The molecule has 0 saturated carbocycles. The van der Waals surface area contributed by atoms with E-state index in [-0.39, 0.29) is 0 Å². The average molecular weight is 264 g/mol. The summed E-state index contributed by atoms with van der Waals surface area (Å²) in [5.74, 6) is -1.13. The van der Waals surface area contributed by atoms with Crippen molar-refractivity contribution in [2.24, 2.45) is 0 Å². The third-order valence-corrected chi connectivity index (χ3v) is 2.41. The van der Waals surface area contributed by atoms with E-state index < -0.39 is 5.97 Å². The van der Waals surface area contributed by atoms with Gasteiger partial charge in [-0.1, -0.05) is 36.4 Å². The van der Waals surface area contributed by atoms with Crippen LogP contribution in [0.3, 0.4) is 0 Å². The molecule has 19 heavy (non-hydrogen) atoms. The summed E-state index contributed by atoms with van der Waals surface area (Å²) in [6.45, 7) is 7.23. The maximum absolute atomic E-state index is 5.29. The fourth-order valence-corrected chi connectivity index (χ4v) is 1.63. The molecule has 0 atom stereocenters. The molecule has 3 nitrogen and oxygen atoms in total. The van der Waals surface area contributed by atoms with Crippen molar-refractivity contribution in [1.82, 2.24) is 0 Å². The molecule has 0 saturated heterocycles. The third kappa shape index (κ3) is 4.99. The van der Waals surface area contributed by atoms with Crippen LogP contribution in [0.2, 0.25) is 0 Å². The maximum Gasteiger partial charge on any atom is 0.311 e. The summed E-state index contributed by atoms with van der Waals surface area (Å²) in [6, 6.07) is 7.83. The molecule has 1 aromatic carbocycles. The normalized spacial score (nSPS) is 11.0. The molecule has 0 heterocycles. The second-order valence-electron chi connectivity index (χ2n) is 3.70. The van der Waals surface area contributed by atoms with E-state index >= 15 is 0 Å². The molecule has 0 bridgehead atoms. The van der Waals surface area contributed by atoms with Gasteiger partial charge < -0.3 is 14.2 Å². The van der Waals surface area contributed by atoms with Gasteiger partial charge in [0.05, 0.1) is 0 Å². The van der Waals surface area contributed by atoms with Crippen molar-refractivity contribution < 1.29 is 14.2 Å². The summed E-state index contributed by atoms with van der Waals surface area (Å²) in [4.78, 5) is 0. The highest BCUT2D eigenvalue weighted by Gasteiger charge is 2.32. The fraction of sp³-hybridized carbons (Fsp3) is 0.375. The lowest BCUT2D eigenvalue weighted by molar-refractivity contribution is -0.364. The molecule has 0 radical (unpaired) electrons. The van der Waals surface area contributed by atoms with E-state index in [9.17, 15) is 0 Å². The van der Waals surface area contributed by atoms with Crippen LogP contribution in [0.4, 0.5) is 0 Å². The summed E-state index contributed by atoms with van der Waals surface area (Å²) in [7, 11) is 4.65. The van der Waals surface area contributed by atoms with Gasteiger partial charge in [-0.15, -0.1) is 6.58 Å². The summed E-state index contributed by atoms with van der Waals surface area (Å²) < 4.78 is 15.9. The number of methoxy groups -OCH3 is 3. The number of rotatable bonds is 5. The van der Waals surface area contributed by atoms with Crippen LogP contribution in [0.15, 0.2) is 43.0 Å². The van der Waals surface area contributed by atoms with E-state index in [1.54, 1.807) is 27.4 Å². The topological polar surface area (TPSA) is 27.7 Å². The Morgan fingerprint density at radius 3 is 2.00 bits per heavy atom. The number of hydrogen-bond acceptors (Lipinski definition) is 3. The number of ether oxygens (including phenoxy) is 3. The highest BCUT2D eigenvalue weighted by atomic mass is 16.9. The van der Waals surface area contributed by atoms with Crippen LogP contribution in [0.5, 0.6) is 0 Å². The molecular weight excluding hydrogens is 240 g/mol. The van der Waals surface area contributed by atoms with Gasteiger partial charge in [0.2, 0.25) is 0 Å². The Morgan fingerprint density at radius 1 is 1.05 bits per heavy atom. The first-order valence-electron chi connectivity index (χ1n) is 6.09. The van der Waals surface area contributed by atoms with Gasteiger partial charge in [-0.05, 0) is 25.5 Å². The summed E-state index contributed by atoms with van der Waals surface area (Å²) in [5.41, 5.74) is 1.91. The average Bonchev–Trinajstić information content (AvgIpc) is 2.43. The predicted molar refractivity (Wildman–Crippen MR) is 79.7 cm³/mol. The predicted octanol–water partition coefficient (Wildman–Crippen LogP) is 3.96. The van der Waals surface area contributed by atoms with Gasteiger partial charge in [-0.3, -0.25) is 0 Å². The minimum Gasteiger partial charge on any atom is -0.327 e. The van der Waals surface area contributed by atoms with Gasteiger partial charge in [-0.2, -0.15) is 0 Å². The summed E-state index contributed by atoms with van der Waals surface area (Å²) in [6.07, 6.45) is 5.74. The summed E-state index contributed by atoms with van der Waals surface area (Å²) in [5, 5.41) is 0. The second kappa shape index (κ2) is 9.50. The summed E-state index contributed by atoms with van der Waals surface area (Å²) >= 11 is 0. The molecule has 1 aromatic rings. The van der Waals surface area contributed by atoms with Crippen LogP contribution in [-0.2, 0) is 20.2 Å². The first-order chi connectivity index (χ1) is 9.13. The van der Waals surface area contributed by atoms with Gasteiger partial charge in [0, 0.05) is 26.9 Å². The molecule has 0 aromatic heterocycles. The van der Waals surface area contributed by atoms with Gasteiger partial charge in [-0.25, -0.2) is 0 Å². The first kappa shape index (κ1) is 17.6. The van der Waals surface area contributed by atoms with Crippen molar-refractivity contribution in [3.05, 3.63) is 54.1 Å². The Morgan fingerprint density at radius 2 is 1.58 bits per heavy atom. The van der Waals surface area contributed by atoms with Gasteiger partial charge in [0.15, 0.2) is 0 Å². The van der Waals surface area contributed by atoms with Gasteiger partial charge in [0.25, 0.3) is 0 Å². The van der Waals surface area contributed by atoms with Crippen molar-refractivity contribution in [2.75, 3.05) is 21.3 Å². The van der Waals surface area contributed by atoms with Crippen LogP contribution in [0.1, 0.15) is 25.0 Å².